The molecule has 0 aliphatic carbocycles. The van der Waals surface area contributed by atoms with Gasteiger partial charge >= 0.3 is 0 Å². The molecule has 0 radical (unpaired) electrons. The fourth-order valence-corrected chi connectivity index (χ4v) is 4.50. The quantitative estimate of drug-likeness (QED) is 0.543. The Morgan fingerprint density at radius 1 is 1.26 bits per heavy atom. The Bertz CT molecular complexity index is 1320. The monoisotopic (exact) mass is 422 g/mol. The van der Waals surface area contributed by atoms with Gasteiger partial charge in [0.05, 0.1) is 0 Å². The minimum absolute atomic E-state index is 0.000925. The van der Waals surface area contributed by atoms with E-state index in [1.165, 1.54) is 22.6 Å². The van der Waals surface area contributed by atoms with E-state index in [4.69, 9.17) is 4.52 Å². The van der Waals surface area contributed by atoms with Crippen molar-refractivity contribution in [1.82, 2.24) is 19.4 Å². The first-order valence-corrected chi connectivity index (χ1v) is 10.5. The molecule has 1 saturated heterocycles. The van der Waals surface area contributed by atoms with Crippen molar-refractivity contribution in [1.29, 1.82) is 0 Å². The van der Waals surface area contributed by atoms with Crippen molar-refractivity contribution >= 4 is 16.6 Å². The fraction of sp³-hybridized carbons (Fsp3) is 0.348. The van der Waals surface area contributed by atoms with Crippen LogP contribution in [-0.4, -0.2) is 44.2 Å². The van der Waals surface area contributed by atoms with Crippen LogP contribution in [-0.2, 0) is 6.42 Å². The zero-order chi connectivity index (χ0) is 21.5. The number of aromatic hydroxyl groups is 1. The summed E-state index contributed by atoms with van der Waals surface area (Å²) in [6.45, 7) is 4.34. The number of fused-ring (bicyclic) bond motifs is 2. The van der Waals surface area contributed by atoms with Crippen LogP contribution in [0, 0.1) is 12.7 Å². The first-order chi connectivity index (χ1) is 15.0. The lowest BCUT2D eigenvalue weighted by Crippen LogP contribution is -2.35. The van der Waals surface area contributed by atoms with Gasteiger partial charge < -0.3 is 14.5 Å². The van der Waals surface area contributed by atoms with Crippen LogP contribution in [0.1, 0.15) is 35.8 Å². The number of hydrogen-bond donors (Lipinski definition) is 1. The maximum atomic E-state index is 13.4. The molecule has 8 heteroatoms. The van der Waals surface area contributed by atoms with Crippen molar-refractivity contribution in [3.63, 3.8) is 0 Å². The van der Waals surface area contributed by atoms with Crippen LogP contribution in [0.5, 0.6) is 5.75 Å². The number of rotatable bonds is 4. The Morgan fingerprint density at radius 3 is 2.87 bits per heavy atom. The Kier molecular flexibility index (Phi) is 4.94. The molecular weight excluding hydrogens is 399 g/mol. The summed E-state index contributed by atoms with van der Waals surface area (Å²) in [4.78, 5) is 19.6. The van der Waals surface area contributed by atoms with Crippen molar-refractivity contribution in [3.8, 4) is 5.75 Å². The number of aromatic nitrogens is 3. The lowest BCUT2D eigenvalue weighted by atomic mass is 9.92. The highest BCUT2D eigenvalue weighted by Gasteiger charge is 2.26. The third-order valence-corrected chi connectivity index (χ3v) is 6.24. The van der Waals surface area contributed by atoms with E-state index < -0.39 is 0 Å². The Morgan fingerprint density at radius 2 is 2.06 bits per heavy atom. The van der Waals surface area contributed by atoms with Crippen LogP contribution in [0.15, 0.2) is 45.8 Å². The highest BCUT2D eigenvalue weighted by molar-refractivity contribution is 5.80. The molecule has 0 unspecified atom stereocenters. The molecular formula is C23H23FN4O3. The summed E-state index contributed by atoms with van der Waals surface area (Å²) in [6, 6.07) is 7.74. The second-order valence-corrected chi connectivity index (χ2v) is 8.14. The number of hydrogen-bond acceptors (Lipinski definition) is 6. The van der Waals surface area contributed by atoms with Gasteiger partial charge in [0.2, 0.25) is 0 Å². The highest BCUT2D eigenvalue weighted by atomic mass is 19.1. The minimum atomic E-state index is -0.313. The molecule has 1 aliphatic heterocycles. The van der Waals surface area contributed by atoms with Crippen LogP contribution < -0.4 is 5.56 Å². The van der Waals surface area contributed by atoms with Gasteiger partial charge in [0.25, 0.3) is 5.56 Å². The van der Waals surface area contributed by atoms with E-state index in [-0.39, 0.29) is 28.7 Å². The smallest absolute Gasteiger partial charge is 0.261 e. The number of benzene rings is 1. The van der Waals surface area contributed by atoms with E-state index >= 15 is 0 Å². The van der Waals surface area contributed by atoms with Gasteiger partial charge in [-0.2, -0.15) is 0 Å². The Labute approximate surface area is 177 Å². The molecule has 0 bridgehead atoms. The molecule has 31 heavy (non-hydrogen) atoms. The zero-order valence-electron chi connectivity index (χ0n) is 17.2. The predicted octanol–water partition coefficient (Wildman–Crippen LogP) is 3.41. The second kappa shape index (κ2) is 7.77. The predicted molar refractivity (Wildman–Crippen MR) is 114 cm³/mol. The molecule has 0 atom stereocenters. The number of aryl methyl sites for hydroxylation is 1. The van der Waals surface area contributed by atoms with Gasteiger partial charge in [-0.1, -0.05) is 5.16 Å². The molecule has 1 aromatic carbocycles. The van der Waals surface area contributed by atoms with Gasteiger partial charge in [0.1, 0.15) is 17.1 Å². The maximum Gasteiger partial charge on any atom is 0.261 e. The van der Waals surface area contributed by atoms with Gasteiger partial charge in [-0.25, -0.2) is 9.37 Å². The molecule has 3 aromatic heterocycles. The van der Waals surface area contributed by atoms with Crippen molar-refractivity contribution in [2.24, 2.45) is 0 Å². The van der Waals surface area contributed by atoms with Crippen LogP contribution in [0.25, 0.3) is 16.6 Å². The van der Waals surface area contributed by atoms with E-state index in [1.54, 1.807) is 18.3 Å². The third kappa shape index (κ3) is 3.57. The molecule has 4 aromatic rings. The highest BCUT2D eigenvalue weighted by Crippen LogP contribution is 2.33. The molecule has 160 valence electrons. The van der Waals surface area contributed by atoms with E-state index in [1.807, 2.05) is 6.92 Å². The van der Waals surface area contributed by atoms with Crippen LogP contribution in [0.4, 0.5) is 4.39 Å². The number of nitrogens with zero attached hydrogens (tertiary/aromatic N) is 4. The summed E-state index contributed by atoms with van der Waals surface area (Å²) in [5.41, 5.74) is 2.04. The number of likely N-dealkylation sites (tertiary alicyclic amines) is 1. The van der Waals surface area contributed by atoms with Crippen molar-refractivity contribution in [3.05, 3.63) is 69.7 Å². The number of piperidine rings is 1. The average molecular weight is 422 g/mol. The molecule has 0 saturated carbocycles. The van der Waals surface area contributed by atoms with E-state index in [0.717, 1.165) is 43.6 Å². The molecule has 1 aliphatic rings. The SMILES string of the molecule is Cc1nc2c(O)cccn2c(=O)c1CCN1CCC(c2onc3cc(F)ccc23)CC1. The summed E-state index contributed by atoms with van der Waals surface area (Å²) < 4.78 is 20.4. The van der Waals surface area contributed by atoms with Crippen molar-refractivity contribution in [2.45, 2.75) is 32.1 Å². The third-order valence-electron chi connectivity index (χ3n) is 6.24. The normalized spacial score (nSPS) is 15.8. The maximum absolute atomic E-state index is 13.4. The number of halogens is 1. The van der Waals surface area contributed by atoms with Gasteiger partial charge in [-0.15, -0.1) is 0 Å². The van der Waals surface area contributed by atoms with Crippen molar-refractivity contribution < 1.29 is 14.0 Å². The lowest BCUT2D eigenvalue weighted by molar-refractivity contribution is 0.199. The van der Waals surface area contributed by atoms with Crippen LogP contribution >= 0.6 is 0 Å². The standard InChI is InChI=1S/C23H23FN4O3/c1-14-17(23(30)28-9-2-3-20(29)22(28)25-14)8-12-27-10-6-15(7-11-27)21-18-5-4-16(24)13-19(18)26-31-21/h2-5,9,13,15,29H,6-8,10-12H2,1H3. The van der Waals surface area contributed by atoms with E-state index in [2.05, 4.69) is 15.0 Å². The molecule has 5 rings (SSSR count). The molecule has 1 N–H and O–H groups in total. The van der Waals surface area contributed by atoms with E-state index in [0.29, 0.717) is 23.2 Å². The average Bonchev–Trinajstić information content (AvgIpc) is 3.18. The zero-order valence-corrected chi connectivity index (χ0v) is 17.2. The summed E-state index contributed by atoms with van der Waals surface area (Å²) >= 11 is 0. The summed E-state index contributed by atoms with van der Waals surface area (Å²) in [5, 5.41) is 14.9. The summed E-state index contributed by atoms with van der Waals surface area (Å²) in [6.07, 6.45) is 4.07. The molecule has 0 spiro atoms. The lowest BCUT2D eigenvalue weighted by Gasteiger charge is -2.30. The molecule has 0 amide bonds. The summed E-state index contributed by atoms with van der Waals surface area (Å²) in [7, 11) is 0. The Hall–Kier alpha value is -3.26. The molecule has 4 heterocycles. The first-order valence-electron chi connectivity index (χ1n) is 10.5. The first kappa shape index (κ1) is 19.7. The van der Waals surface area contributed by atoms with E-state index in [9.17, 15) is 14.3 Å². The van der Waals surface area contributed by atoms with Crippen molar-refractivity contribution in [2.75, 3.05) is 19.6 Å². The summed E-state index contributed by atoms with van der Waals surface area (Å²) in [5.74, 6) is 0.775. The van der Waals surface area contributed by atoms with Gasteiger partial charge in [-0.05, 0) is 63.5 Å². The van der Waals surface area contributed by atoms with Crippen LogP contribution in [0.2, 0.25) is 0 Å². The van der Waals surface area contributed by atoms with Gasteiger partial charge in [0, 0.05) is 41.4 Å². The van der Waals surface area contributed by atoms with Gasteiger partial charge in [0.15, 0.2) is 11.4 Å². The van der Waals surface area contributed by atoms with Crippen LogP contribution in [0.3, 0.4) is 0 Å². The fourth-order valence-electron chi connectivity index (χ4n) is 4.50. The molecule has 1 fully saturated rings. The Balaban J connectivity index is 1.27. The number of pyridine rings is 1. The minimum Gasteiger partial charge on any atom is -0.504 e. The molecule has 7 nitrogen and oxygen atoms in total. The largest absolute Gasteiger partial charge is 0.504 e. The topological polar surface area (TPSA) is 83.9 Å². The second-order valence-electron chi connectivity index (χ2n) is 8.14. The van der Waals surface area contributed by atoms with Gasteiger partial charge in [-0.3, -0.25) is 9.20 Å².